The number of rotatable bonds is 4. The van der Waals surface area contributed by atoms with Crippen LogP contribution in [0.3, 0.4) is 0 Å². The van der Waals surface area contributed by atoms with Gasteiger partial charge in [-0.15, -0.1) is 11.3 Å². The smallest absolute Gasteiger partial charge is 0.225 e. The van der Waals surface area contributed by atoms with Gasteiger partial charge in [0.15, 0.2) is 0 Å². The molecular weight excluding hydrogens is 310 g/mol. The Kier molecular flexibility index (Phi) is 4.25. The first-order valence-electron chi connectivity index (χ1n) is 7.81. The highest BCUT2D eigenvalue weighted by Crippen LogP contribution is 2.30. The summed E-state index contributed by atoms with van der Waals surface area (Å²) in [7, 11) is 1.90. The molecule has 7 heteroatoms. The molecule has 2 aromatic rings. The van der Waals surface area contributed by atoms with Crippen LogP contribution >= 0.6 is 11.3 Å². The Labute approximate surface area is 140 Å². The molecule has 0 spiro atoms. The first-order chi connectivity index (χ1) is 10.9. The van der Waals surface area contributed by atoms with Gasteiger partial charge in [-0.2, -0.15) is 5.10 Å². The van der Waals surface area contributed by atoms with E-state index >= 15 is 0 Å². The standard InChI is InChI=1S/C16H23N5OS/c1-10-9-23-15(19-10)16(2,3)20-14(22)13-7-17-6-12(13)11-5-18-21(4)8-11/h5,8-9,12-13,17H,6-7H2,1-4H3,(H,20,22)/t12-,13+/m1/s1. The monoisotopic (exact) mass is 333 g/mol. The van der Waals surface area contributed by atoms with Crippen molar-refractivity contribution in [1.82, 2.24) is 25.4 Å². The van der Waals surface area contributed by atoms with E-state index in [0.29, 0.717) is 6.54 Å². The van der Waals surface area contributed by atoms with Gasteiger partial charge < -0.3 is 10.6 Å². The fraction of sp³-hybridized carbons (Fsp3) is 0.562. The van der Waals surface area contributed by atoms with Gasteiger partial charge in [-0.25, -0.2) is 4.98 Å². The Morgan fingerprint density at radius 3 is 2.87 bits per heavy atom. The molecule has 0 bridgehead atoms. The Morgan fingerprint density at radius 2 is 2.26 bits per heavy atom. The zero-order valence-electron chi connectivity index (χ0n) is 14.0. The molecular formula is C16H23N5OS. The fourth-order valence-electron chi connectivity index (χ4n) is 3.03. The normalized spacial score (nSPS) is 21.6. The lowest BCUT2D eigenvalue weighted by Crippen LogP contribution is -2.45. The number of carbonyl (C=O) groups is 1. The maximum atomic E-state index is 12.8. The summed E-state index contributed by atoms with van der Waals surface area (Å²) in [5.74, 6) is 0.152. The van der Waals surface area contributed by atoms with Gasteiger partial charge in [-0.05, 0) is 26.3 Å². The van der Waals surface area contributed by atoms with E-state index in [4.69, 9.17) is 0 Å². The van der Waals surface area contributed by atoms with Gasteiger partial charge in [-0.3, -0.25) is 9.48 Å². The van der Waals surface area contributed by atoms with Crippen LogP contribution in [0.25, 0.3) is 0 Å². The van der Waals surface area contributed by atoms with Gasteiger partial charge in [0.1, 0.15) is 5.01 Å². The lowest BCUT2D eigenvalue weighted by Gasteiger charge is -2.27. The fourth-order valence-corrected chi connectivity index (χ4v) is 3.91. The van der Waals surface area contributed by atoms with Crippen LogP contribution in [0.4, 0.5) is 0 Å². The predicted octanol–water partition coefficient (Wildman–Crippen LogP) is 1.54. The van der Waals surface area contributed by atoms with Crippen LogP contribution in [0.1, 0.15) is 36.0 Å². The lowest BCUT2D eigenvalue weighted by atomic mass is 9.89. The number of aromatic nitrogens is 3. The first kappa shape index (κ1) is 16.1. The second-order valence-corrected chi connectivity index (χ2v) is 7.58. The average molecular weight is 333 g/mol. The average Bonchev–Trinajstić information content (AvgIpc) is 3.17. The van der Waals surface area contributed by atoms with E-state index in [1.807, 2.05) is 45.6 Å². The van der Waals surface area contributed by atoms with Crippen molar-refractivity contribution < 1.29 is 4.79 Å². The van der Waals surface area contributed by atoms with Crippen molar-refractivity contribution in [2.45, 2.75) is 32.2 Å². The highest BCUT2D eigenvalue weighted by molar-refractivity contribution is 7.09. The maximum Gasteiger partial charge on any atom is 0.225 e. The summed E-state index contributed by atoms with van der Waals surface area (Å²) in [4.78, 5) is 17.3. The molecule has 2 aromatic heterocycles. The van der Waals surface area contributed by atoms with E-state index in [0.717, 1.165) is 22.8 Å². The molecule has 124 valence electrons. The van der Waals surface area contributed by atoms with Crippen molar-refractivity contribution in [2.24, 2.45) is 13.0 Å². The number of aryl methyl sites for hydroxylation is 2. The third-order valence-electron chi connectivity index (χ3n) is 4.29. The summed E-state index contributed by atoms with van der Waals surface area (Å²) in [5.41, 5.74) is 1.64. The Balaban J connectivity index is 1.74. The van der Waals surface area contributed by atoms with Crippen molar-refractivity contribution in [3.8, 4) is 0 Å². The second kappa shape index (κ2) is 6.05. The third-order valence-corrected chi connectivity index (χ3v) is 5.58. The van der Waals surface area contributed by atoms with Crippen LogP contribution in [0.15, 0.2) is 17.8 Å². The van der Waals surface area contributed by atoms with E-state index in [9.17, 15) is 4.79 Å². The molecule has 1 aliphatic rings. The van der Waals surface area contributed by atoms with Gasteiger partial charge >= 0.3 is 0 Å². The first-order valence-corrected chi connectivity index (χ1v) is 8.68. The van der Waals surface area contributed by atoms with E-state index in [1.54, 1.807) is 16.0 Å². The van der Waals surface area contributed by atoms with E-state index < -0.39 is 5.54 Å². The Morgan fingerprint density at radius 1 is 1.48 bits per heavy atom. The second-order valence-electron chi connectivity index (χ2n) is 6.73. The molecule has 0 aliphatic carbocycles. The SMILES string of the molecule is Cc1csc(C(C)(C)NC(=O)[C@H]2CNC[C@@H]2c2cnn(C)c2)n1. The minimum atomic E-state index is -0.460. The molecule has 0 radical (unpaired) electrons. The van der Waals surface area contributed by atoms with Gasteiger partial charge in [0.25, 0.3) is 0 Å². The molecule has 2 atom stereocenters. The molecule has 23 heavy (non-hydrogen) atoms. The summed E-state index contributed by atoms with van der Waals surface area (Å²) in [6, 6.07) is 0. The number of thiazole rings is 1. The van der Waals surface area contributed by atoms with Crippen LogP contribution in [0.2, 0.25) is 0 Å². The summed E-state index contributed by atoms with van der Waals surface area (Å²) in [5, 5.41) is 13.7. The Hall–Kier alpha value is -1.73. The number of hydrogen-bond acceptors (Lipinski definition) is 5. The number of amides is 1. The summed E-state index contributed by atoms with van der Waals surface area (Å²) < 4.78 is 1.78. The van der Waals surface area contributed by atoms with Gasteiger partial charge in [0.2, 0.25) is 5.91 Å². The van der Waals surface area contributed by atoms with E-state index in [1.165, 1.54) is 0 Å². The molecule has 1 amide bonds. The molecule has 3 rings (SSSR count). The van der Waals surface area contributed by atoms with Gasteiger partial charge in [-0.1, -0.05) is 0 Å². The maximum absolute atomic E-state index is 12.8. The van der Waals surface area contributed by atoms with Crippen LogP contribution in [0.5, 0.6) is 0 Å². The molecule has 1 aliphatic heterocycles. The van der Waals surface area contributed by atoms with E-state index in [-0.39, 0.29) is 17.7 Å². The minimum absolute atomic E-state index is 0.0710. The molecule has 6 nitrogen and oxygen atoms in total. The molecule has 2 N–H and O–H groups in total. The number of nitrogens with zero attached hydrogens (tertiary/aromatic N) is 3. The molecule has 1 saturated heterocycles. The predicted molar refractivity (Wildman–Crippen MR) is 90.3 cm³/mol. The summed E-state index contributed by atoms with van der Waals surface area (Å²) >= 11 is 1.59. The quantitative estimate of drug-likeness (QED) is 0.890. The number of nitrogens with one attached hydrogen (secondary N) is 2. The van der Waals surface area contributed by atoms with Crippen LogP contribution in [-0.4, -0.2) is 33.8 Å². The van der Waals surface area contributed by atoms with Crippen LogP contribution in [0, 0.1) is 12.8 Å². The topological polar surface area (TPSA) is 71.8 Å². The summed E-state index contributed by atoms with van der Waals surface area (Å²) in [6.45, 7) is 7.48. The van der Waals surface area contributed by atoms with Crippen molar-refractivity contribution in [2.75, 3.05) is 13.1 Å². The molecule has 3 heterocycles. The minimum Gasteiger partial charge on any atom is -0.344 e. The van der Waals surface area contributed by atoms with Crippen LogP contribution < -0.4 is 10.6 Å². The third kappa shape index (κ3) is 3.30. The van der Waals surface area contributed by atoms with Crippen molar-refractivity contribution in [3.05, 3.63) is 34.0 Å². The van der Waals surface area contributed by atoms with Gasteiger partial charge in [0, 0.05) is 43.3 Å². The van der Waals surface area contributed by atoms with Crippen molar-refractivity contribution in [3.63, 3.8) is 0 Å². The zero-order valence-corrected chi connectivity index (χ0v) is 14.8. The largest absolute Gasteiger partial charge is 0.344 e. The van der Waals surface area contributed by atoms with Crippen molar-refractivity contribution in [1.29, 1.82) is 0 Å². The molecule has 0 unspecified atom stereocenters. The number of carbonyl (C=O) groups excluding carboxylic acids is 1. The lowest BCUT2D eigenvalue weighted by molar-refractivity contribution is -0.126. The number of hydrogen-bond donors (Lipinski definition) is 2. The Bertz CT molecular complexity index is 705. The van der Waals surface area contributed by atoms with Crippen molar-refractivity contribution >= 4 is 17.2 Å². The molecule has 0 saturated carbocycles. The van der Waals surface area contributed by atoms with E-state index in [2.05, 4.69) is 20.7 Å². The molecule has 1 fully saturated rings. The zero-order chi connectivity index (χ0) is 16.6. The highest BCUT2D eigenvalue weighted by atomic mass is 32.1. The molecule has 0 aromatic carbocycles. The highest BCUT2D eigenvalue weighted by Gasteiger charge is 2.37. The van der Waals surface area contributed by atoms with Crippen LogP contribution in [-0.2, 0) is 17.4 Å². The van der Waals surface area contributed by atoms with Gasteiger partial charge in [0.05, 0.1) is 17.7 Å². The summed E-state index contributed by atoms with van der Waals surface area (Å²) in [6.07, 6.45) is 3.85.